The van der Waals surface area contributed by atoms with Crippen LogP contribution in [0.15, 0.2) is 36.4 Å². The first-order chi connectivity index (χ1) is 9.88. The third kappa shape index (κ3) is 3.38. The van der Waals surface area contributed by atoms with E-state index < -0.39 is 10.9 Å². The average molecular weight is 306 g/mol. The number of aryl methyl sites for hydroxylation is 2. The van der Waals surface area contributed by atoms with Gasteiger partial charge in [0.1, 0.15) is 10.8 Å². The van der Waals surface area contributed by atoms with Gasteiger partial charge in [0.25, 0.3) is 5.69 Å². The summed E-state index contributed by atoms with van der Waals surface area (Å²) < 4.78 is 5.27. The first kappa shape index (κ1) is 15.0. The van der Waals surface area contributed by atoms with Gasteiger partial charge in [-0.05, 0) is 37.6 Å². The zero-order valence-corrected chi connectivity index (χ0v) is 12.2. The van der Waals surface area contributed by atoms with Crippen LogP contribution in [-0.4, -0.2) is 10.9 Å². The van der Waals surface area contributed by atoms with Gasteiger partial charge in [0.05, 0.1) is 10.5 Å². The van der Waals surface area contributed by atoms with Crippen LogP contribution < -0.4 is 4.74 Å². The van der Waals surface area contributed by atoms with Gasteiger partial charge in [0.2, 0.25) is 0 Å². The van der Waals surface area contributed by atoms with Crippen molar-refractivity contribution in [2.75, 3.05) is 0 Å². The molecular formula is C15H12ClNO4. The monoisotopic (exact) mass is 305 g/mol. The third-order valence-corrected chi connectivity index (χ3v) is 3.22. The second-order valence-electron chi connectivity index (χ2n) is 4.58. The molecule has 0 spiro atoms. The molecule has 108 valence electrons. The predicted molar refractivity (Wildman–Crippen MR) is 79.0 cm³/mol. The highest BCUT2D eigenvalue weighted by Crippen LogP contribution is 2.26. The Kier molecular flexibility index (Phi) is 4.23. The minimum Gasteiger partial charge on any atom is -0.423 e. The standard InChI is InChI=1S/C15H12ClNO4/c1-9-3-6-14(10(2)7-9)21-15(18)11-4-5-13(17(19)20)12(16)8-11/h3-8H,1-2H3. The quantitative estimate of drug-likeness (QED) is 0.371. The number of esters is 1. The number of hydrogen-bond donors (Lipinski definition) is 0. The Morgan fingerprint density at radius 1 is 1.19 bits per heavy atom. The number of carbonyl (C=O) groups excluding carboxylic acids is 1. The lowest BCUT2D eigenvalue weighted by Crippen LogP contribution is -2.09. The molecule has 0 aromatic heterocycles. The number of nitro groups is 1. The maximum absolute atomic E-state index is 12.0. The molecule has 0 N–H and O–H groups in total. The van der Waals surface area contributed by atoms with E-state index in [2.05, 4.69) is 0 Å². The molecule has 2 rings (SSSR count). The first-order valence-electron chi connectivity index (χ1n) is 6.12. The van der Waals surface area contributed by atoms with Crippen molar-refractivity contribution in [2.24, 2.45) is 0 Å². The number of halogens is 1. The molecule has 0 radical (unpaired) electrons. The Bertz CT molecular complexity index is 728. The molecule has 0 aliphatic carbocycles. The van der Waals surface area contributed by atoms with Crippen molar-refractivity contribution < 1.29 is 14.5 Å². The van der Waals surface area contributed by atoms with Gasteiger partial charge >= 0.3 is 5.97 Å². The molecule has 6 heteroatoms. The smallest absolute Gasteiger partial charge is 0.343 e. The van der Waals surface area contributed by atoms with E-state index in [0.717, 1.165) is 11.1 Å². The van der Waals surface area contributed by atoms with Gasteiger partial charge in [-0.2, -0.15) is 0 Å². The Balaban J connectivity index is 2.24. The summed E-state index contributed by atoms with van der Waals surface area (Å²) in [7, 11) is 0. The zero-order valence-electron chi connectivity index (χ0n) is 11.4. The number of rotatable bonds is 3. The van der Waals surface area contributed by atoms with E-state index in [4.69, 9.17) is 16.3 Å². The summed E-state index contributed by atoms with van der Waals surface area (Å²) in [5.41, 5.74) is 1.80. The number of nitrogens with zero attached hydrogens (tertiary/aromatic N) is 1. The van der Waals surface area contributed by atoms with E-state index in [-0.39, 0.29) is 16.3 Å². The maximum Gasteiger partial charge on any atom is 0.343 e. The number of hydrogen-bond acceptors (Lipinski definition) is 4. The Hall–Kier alpha value is -2.40. The van der Waals surface area contributed by atoms with Crippen molar-refractivity contribution >= 4 is 23.3 Å². The molecule has 0 saturated heterocycles. The molecular weight excluding hydrogens is 294 g/mol. The van der Waals surface area contributed by atoms with Gasteiger partial charge in [0, 0.05) is 6.07 Å². The van der Waals surface area contributed by atoms with Crippen LogP contribution in [0.1, 0.15) is 21.5 Å². The van der Waals surface area contributed by atoms with Gasteiger partial charge in [-0.3, -0.25) is 10.1 Å². The SMILES string of the molecule is Cc1ccc(OC(=O)c2ccc([N+](=O)[O-])c(Cl)c2)c(C)c1. The summed E-state index contributed by atoms with van der Waals surface area (Å²) in [6.45, 7) is 3.77. The van der Waals surface area contributed by atoms with Crippen molar-refractivity contribution in [3.05, 3.63) is 68.2 Å². The topological polar surface area (TPSA) is 69.4 Å². The summed E-state index contributed by atoms with van der Waals surface area (Å²) in [5.74, 6) is -0.168. The lowest BCUT2D eigenvalue weighted by Gasteiger charge is -2.08. The number of carbonyl (C=O) groups is 1. The predicted octanol–water partition coefficient (Wildman–Crippen LogP) is 4.08. The van der Waals surface area contributed by atoms with Gasteiger partial charge in [-0.1, -0.05) is 29.3 Å². The van der Waals surface area contributed by atoms with E-state index in [1.165, 1.54) is 18.2 Å². The second kappa shape index (κ2) is 5.93. The van der Waals surface area contributed by atoms with Crippen LogP contribution in [0.3, 0.4) is 0 Å². The summed E-state index contributed by atoms with van der Waals surface area (Å²) in [4.78, 5) is 22.1. The molecule has 0 heterocycles. The number of ether oxygens (including phenoxy) is 1. The summed E-state index contributed by atoms with van der Waals surface area (Å²) >= 11 is 5.77. The van der Waals surface area contributed by atoms with E-state index in [1.54, 1.807) is 6.07 Å². The van der Waals surface area contributed by atoms with Gasteiger partial charge in [-0.25, -0.2) is 4.79 Å². The molecule has 0 aliphatic rings. The minimum absolute atomic E-state index is 0.102. The Morgan fingerprint density at radius 3 is 2.48 bits per heavy atom. The van der Waals surface area contributed by atoms with Gasteiger partial charge in [-0.15, -0.1) is 0 Å². The molecule has 0 saturated carbocycles. The summed E-state index contributed by atoms with van der Waals surface area (Å²) in [5, 5.41) is 10.6. The molecule has 21 heavy (non-hydrogen) atoms. The van der Waals surface area contributed by atoms with E-state index >= 15 is 0 Å². The average Bonchev–Trinajstić information content (AvgIpc) is 2.41. The fourth-order valence-corrected chi connectivity index (χ4v) is 2.10. The molecule has 2 aromatic carbocycles. The van der Waals surface area contributed by atoms with Crippen molar-refractivity contribution in [2.45, 2.75) is 13.8 Å². The van der Waals surface area contributed by atoms with E-state index in [0.29, 0.717) is 5.75 Å². The molecule has 0 amide bonds. The molecule has 0 aliphatic heterocycles. The molecule has 0 bridgehead atoms. The fraction of sp³-hybridized carbons (Fsp3) is 0.133. The molecule has 5 nitrogen and oxygen atoms in total. The minimum atomic E-state index is -0.612. The van der Waals surface area contributed by atoms with Crippen molar-refractivity contribution in [3.63, 3.8) is 0 Å². The van der Waals surface area contributed by atoms with Gasteiger partial charge < -0.3 is 4.74 Å². The van der Waals surface area contributed by atoms with Crippen LogP contribution in [0, 0.1) is 24.0 Å². The summed E-state index contributed by atoms with van der Waals surface area (Å²) in [6, 6.07) is 9.15. The normalized spacial score (nSPS) is 10.2. The van der Waals surface area contributed by atoms with Crippen LogP contribution in [0.2, 0.25) is 5.02 Å². The molecule has 0 fully saturated rings. The van der Waals surface area contributed by atoms with Gasteiger partial charge in [0.15, 0.2) is 0 Å². The number of benzene rings is 2. The van der Waals surface area contributed by atoms with Crippen LogP contribution in [0.5, 0.6) is 5.75 Å². The highest BCUT2D eigenvalue weighted by molar-refractivity contribution is 6.33. The lowest BCUT2D eigenvalue weighted by atomic mass is 10.1. The van der Waals surface area contributed by atoms with Crippen LogP contribution in [0.4, 0.5) is 5.69 Å². The molecule has 0 atom stereocenters. The van der Waals surface area contributed by atoms with Crippen LogP contribution in [0.25, 0.3) is 0 Å². The third-order valence-electron chi connectivity index (χ3n) is 2.91. The van der Waals surface area contributed by atoms with Crippen LogP contribution >= 0.6 is 11.6 Å². The Morgan fingerprint density at radius 2 is 1.90 bits per heavy atom. The van der Waals surface area contributed by atoms with Crippen molar-refractivity contribution in [1.29, 1.82) is 0 Å². The Labute approximate surface area is 126 Å². The largest absolute Gasteiger partial charge is 0.423 e. The van der Waals surface area contributed by atoms with E-state index in [1.807, 2.05) is 26.0 Å². The summed E-state index contributed by atoms with van der Waals surface area (Å²) in [6.07, 6.45) is 0. The molecule has 2 aromatic rings. The molecule has 0 unspecified atom stereocenters. The van der Waals surface area contributed by atoms with E-state index in [9.17, 15) is 14.9 Å². The fourth-order valence-electron chi connectivity index (χ4n) is 1.85. The van der Waals surface area contributed by atoms with Crippen molar-refractivity contribution in [1.82, 2.24) is 0 Å². The number of nitro benzene ring substituents is 1. The van der Waals surface area contributed by atoms with Crippen LogP contribution in [-0.2, 0) is 0 Å². The zero-order chi connectivity index (χ0) is 15.6. The first-order valence-corrected chi connectivity index (χ1v) is 6.49. The maximum atomic E-state index is 12.0. The second-order valence-corrected chi connectivity index (χ2v) is 4.99. The van der Waals surface area contributed by atoms with Crippen molar-refractivity contribution in [3.8, 4) is 5.75 Å². The lowest BCUT2D eigenvalue weighted by molar-refractivity contribution is -0.384. The highest BCUT2D eigenvalue weighted by atomic mass is 35.5. The highest BCUT2D eigenvalue weighted by Gasteiger charge is 2.17.